The minimum absolute atomic E-state index is 0.0191. The molecule has 0 fully saturated rings. The Hall–Kier alpha value is -3.06. The van der Waals surface area contributed by atoms with Gasteiger partial charge in [0, 0.05) is 17.6 Å². The SMILES string of the molecule is Cc1cc(C)cc(N/C=C(/C#N)C(=O)Nc2cccc(C)c2)c1. The third-order valence-electron chi connectivity index (χ3n) is 3.25. The van der Waals surface area contributed by atoms with Gasteiger partial charge >= 0.3 is 0 Å². The average molecular weight is 305 g/mol. The summed E-state index contributed by atoms with van der Waals surface area (Å²) in [6, 6.07) is 15.3. The molecule has 0 unspecified atom stereocenters. The van der Waals surface area contributed by atoms with E-state index in [2.05, 4.69) is 16.7 Å². The lowest BCUT2D eigenvalue weighted by atomic mass is 10.1. The summed E-state index contributed by atoms with van der Waals surface area (Å²) < 4.78 is 0. The molecule has 0 saturated carbocycles. The number of carbonyl (C=O) groups excluding carboxylic acids is 1. The van der Waals surface area contributed by atoms with Gasteiger partial charge in [0.25, 0.3) is 5.91 Å². The quantitative estimate of drug-likeness (QED) is 0.661. The van der Waals surface area contributed by atoms with Crippen LogP contribution in [0.25, 0.3) is 0 Å². The summed E-state index contributed by atoms with van der Waals surface area (Å²) in [4.78, 5) is 12.2. The van der Waals surface area contributed by atoms with E-state index in [-0.39, 0.29) is 5.57 Å². The highest BCUT2D eigenvalue weighted by molar-refractivity contribution is 6.06. The Kier molecular flexibility index (Phi) is 5.16. The number of carbonyl (C=O) groups is 1. The number of anilines is 2. The van der Waals surface area contributed by atoms with Crippen LogP contribution < -0.4 is 10.6 Å². The lowest BCUT2D eigenvalue weighted by Crippen LogP contribution is -2.14. The van der Waals surface area contributed by atoms with Crippen LogP contribution in [0.15, 0.2) is 54.2 Å². The van der Waals surface area contributed by atoms with E-state index in [0.29, 0.717) is 5.69 Å². The molecule has 2 rings (SSSR count). The van der Waals surface area contributed by atoms with Crippen LogP contribution in [0.1, 0.15) is 16.7 Å². The van der Waals surface area contributed by atoms with Crippen LogP contribution in [-0.2, 0) is 4.79 Å². The predicted octanol–water partition coefficient (Wildman–Crippen LogP) is 4.07. The van der Waals surface area contributed by atoms with Gasteiger partial charge < -0.3 is 10.6 Å². The summed E-state index contributed by atoms with van der Waals surface area (Å²) in [6.45, 7) is 5.94. The fourth-order valence-corrected chi connectivity index (χ4v) is 2.28. The second-order valence-corrected chi connectivity index (χ2v) is 5.51. The van der Waals surface area contributed by atoms with E-state index >= 15 is 0 Å². The summed E-state index contributed by atoms with van der Waals surface area (Å²) in [5.74, 6) is -0.435. The van der Waals surface area contributed by atoms with Crippen molar-refractivity contribution >= 4 is 17.3 Å². The Bertz CT molecular complexity index is 780. The van der Waals surface area contributed by atoms with Gasteiger partial charge in [-0.05, 0) is 61.7 Å². The summed E-state index contributed by atoms with van der Waals surface area (Å²) in [6.07, 6.45) is 1.43. The van der Waals surface area contributed by atoms with Crippen molar-refractivity contribution in [2.45, 2.75) is 20.8 Å². The standard InChI is InChI=1S/C19H19N3O/c1-13-5-4-6-17(8-13)22-19(23)16(11-20)12-21-18-9-14(2)7-15(3)10-18/h4-10,12,21H,1-3H3,(H,22,23)/b16-12-. The van der Waals surface area contributed by atoms with Gasteiger partial charge in [-0.2, -0.15) is 5.26 Å². The third kappa shape index (κ3) is 4.72. The fraction of sp³-hybridized carbons (Fsp3) is 0.158. The first-order chi connectivity index (χ1) is 11.0. The Morgan fingerprint density at radius 2 is 1.65 bits per heavy atom. The number of nitriles is 1. The largest absolute Gasteiger partial charge is 0.360 e. The van der Waals surface area contributed by atoms with Gasteiger partial charge in [0.1, 0.15) is 11.6 Å². The molecule has 0 bridgehead atoms. The minimum Gasteiger partial charge on any atom is -0.360 e. The summed E-state index contributed by atoms with van der Waals surface area (Å²) >= 11 is 0. The molecule has 2 aromatic carbocycles. The number of rotatable bonds is 4. The van der Waals surface area contributed by atoms with E-state index in [9.17, 15) is 10.1 Å². The number of aryl methyl sites for hydroxylation is 3. The maximum absolute atomic E-state index is 12.2. The average Bonchev–Trinajstić information content (AvgIpc) is 2.46. The molecule has 0 radical (unpaired) electrons. The van der Waals surface area contributed by atoms with Crippen LogP contribution in [0.4, 0.5) is 11.4 Å². The van der Waals surface area contributed by atoms with Gasteiger partial charge in [-0.1, -0.05) is 18.2 Å². The Labute approximate surface area is 136 Å². The van der Waals surface area contributed by atoms with E-state index < -0.39 is 5.91 Å². The number of nitrogens with one attached hydrogen (secondary N) is 2. The molecule has 4 nitrogen and oxygen atoms in total. The van der Waals surface area contributed by atoms with Gasteiger partial charge in [0.2, 0.25) is 0 Å². The highest BCUT2D eigenvalue weighted by Gasteiger charge is 2.09. The van der Waals surface area contributed by atoms with E-state index in [0.717, 1.165) is 22.4 Å². The van der Waals surface area contributed by atoms with Gasteiger partial charge in [-0.25, -0.2) is 0 Å². The van der Waals surface area contributed by atoms with Gasteiger partial charge in [0.05, 0.1) is 0 Å². The molecular weight excluding hydrogens is 286 g/mol. The van der Waals surface area contributed by atoms with Crippen molar-refractivity contribution in [3.63, 3.8) is 0 Å². The molecule has 2 N–H and O–H groups in total. The molecule has 0 spiro atoms. The number of benzene rings is 2. The highest BCUT2D eigenvalue weighted by atomic mass is 16.1. The zero-order chi connectivity index (χ0) is 16.8. The van der Waals surface area contributed by atoms with Crippen LogP contribution in [0.2, 0.25) is 0 Å². The molecule has 2 aromatic rings. The molecule has 0 aromatic heterocycles. The van der Waals surface area contributed by atoms with Gasteiger partial charge in [-0.3, -0.25) is 4.79 Å². The molecule has 4 heteroatoms. The smallest absolute Gasteiger partial charge is 0.267 e. The maximum Gasteiger partial charge on any atom is 0.267 e. The van der Waals surface area contributed by atoms with Crippen molar-refractivity contribution in [3.05, 3.63) is 70.9 Å². The van der Waals surface area contributed by atoms with Crippen molar-refractivity contribution in [1.29, 1.82) is 5.26 Å². The molecule has 0 heterocycles. The minimum atomic E-state index is -0.435. The van der Waals surface area contributed by atoms with E-state index in [1.165, 1.54) is 6.20 Å². The molecule has 0 aliphatic carbocycles. The maximum atomic E-state index is 12.2. The molecular formula is C19H19N3O. The first-order valence-electron chi connectivity index (χ1n) is 7.31. The van der Waals surface area contributed by atoms with Crippen molar-refractivity contribution < 1.29 is 4.79 Å². The van der Waals surface area contributed by atoms with E-state index in [1.54, 1.807) is 6.07 Å². The Morgan fingerprint density at radius 3 is 2.26 bits per heavy atom. The van der Waals surface area contributed by atoms with Crippen LogP contribution in [0.3, 0.4) is 0 Å². The summed E-state index contributed by atoms with van der Waals surface area (Å²) in [7, 11) is 0. The zero-order valence-corrected chi connectivity index (χ0v) is 13.5. The number of nitrogens with zero attached hydrogens (tertiary/aromatic N) is 1. The number of hydrogen-bond acceptors (Lipinski definition) is 3. The fourth-order valence-electron chi connectivity index (χ4n) is 2.28. The predicted molar refractivity (Wildman–Crippen MR) is 93.0 cm³/mol. The van der Waals surface area contributed by atoms with Crippen LogP contribution in [0, 0.1) is 32.1 Å². The highest BCUT2D eigenvalue weighted by Crippen LogP contribution is 2.15. The second-order valence-electron chi connectivity index (χ2n) is 5.51. The molecule has 0 saturated heterocycles. The first kappa shape index (κ1) is 16.3. The van der Waals surface area contributed by atoms with E-state index in [4.69, 9.17) is 0 Å². The topological polar surface area (TPSA) is 64.9 Å². The monoisotopic (exact) mass is 305 g/mol. The lowest BCUT2D eigenvalue weighted by molar-refractivity contribution is -0.112. The van der Waals surface area contributed by atoms with Gasteiger partial charge in [0.15, 0.2) is 0 Å². The molecule has 0 aliphatic heterocycles. The van der Waals surface area contributed by atoms with Crippen molar-refractivity contribution in [2.75, 3.05) is 10.6 Å². The first-order valence-corrected chi connectivity index (χ1v) is 7.31. The molecule has 1 amide bonds. The van der Waals surface area contributed by atoms with Crippen LogP contribution >= 0.6 is 0 Å². The number of hydrogen-bond donors (Lipinski definition) is 2. The van der Waals surface area contributed by atoms with Crippen molar-refractivity contribution in [3.8, 4) is 6.07 Å². The third-order valence-corrected chi connectivity index (χ3v) is 3.25. The molecule has 116 valence electrons. The zero-order valence-electron chi connectivity index (χ0n) is 13.5. The van der Waals surface area contributed by atoms with E-state index in [1.807, 2.05) is 57.2 Å². The van der Waals surface area contributed by atoms with Crippen molar-refractivity contribution in [2.24, 2.45) is 0 Å². The van der Waals surface area contributed by atoms with Crippen LogP contribution in [0.5, 0.6) is 0 Å². The second kappa shape index (κ2) is 7.28. The van der Waals surface area contributed by atoms with Gasteiger partial charge in [-0.15, -0.1) is 0 Å². The Morgan fingerprint density at radius 1 is 1.00 bits per heavy atom. The normalized spacial score (nSPS) is 10.8. The summed E-state index contributed by atoms with van der Waals surface area (Å²) in [5.41, 5.74) is 4.80. The lowest BCUT2D eigenvalue weighted by Gasteiger charge is -2.07. The number of amides is 1. The van der Waals surface area contributed by atoms with Crippen molar-refractivity contribution in [1.82, 2.24) is 0 Å². The molecule has 0 atom stereocenters. The molecule has 0 aliphatic rings. The Balaban J connectivity index is 2.12. The summed E-state index contributed by atoms with van der Waals surface area (Å²) in [5, 5.41) is 14.9. The van der Waals surface area contributed by atoms with Crippen LogP contribution in [-0.4, -0.2) is 5.91 Å². The molecule has 23 heavy (non-hydrogen) atoms.